The lowest BCUT2D eigenvalue weighted by Crippen LogP contribution is -1.68. The van der Waals surface area contributed by atoms with Gasteiger partial charge in [-0.05, 0) is 18.4 Å². The molecular formula is C14H18. The molecule has 0 aliphatic carbocycles. The third kappa shape index (κ3) is 4.66. The lowest BCUT2D eigenvalue weighted by Gasteiger charge is -1.89. The second kappa shape index (κ2) is 7.14. The van der Waals surface area contributed by atoms with E-state index in [4.69, 9.17) is 0 Å². The van der Waals surface area contributed by atoms with E-state index in [1.165, 1.54) is 18.4 Å². The van der Waals surface area contributed by atoms with Gasteiger partial charge in [0.15, 0.2) is 0 Å². The molecule has 0 saturated carbocycles. The van der Waals surface area contributed by atoms with Gasteiger partial charge in [0, 0.05) is 0 Å². The van der Waals surface area contributed by atoms with Crippen molar-refractivity contribution < 1.29 is 0 Å². The summed E-state index contributed by atoms with van der Waals surface area (Å²) in [5.41, 5.74) is 1.27. The van der Waals surface area contributed by atoms with Gasteiger partial charge in [0.25, 0.3) is 0 Å². The zero-order valence-electron chi connectivity index (χ0n) is 8.82. The normalized spacial score (nSPS) is 11.5. The summed E-state index contributed by atoms with van der Waals surface area (Å²) in [5, 5.41) is 0. The first kappa shape index (κ1) is 10.8. The van der Waals surface area contributed by atoms with Crippen molar-refractivity contribution >= 4 is 6.08 Å². The molecule has 0 unspecified atom stereocenters. The highest BCUT2D eigenvalue weighted by Crippen LogP contribution is 2.02. The Morgan fingerprint density at radius 2 is 1.79 bits per heavy atom. The third-order valence-electron chi connectivity index (χ3n) is 2.00. The highest BCUT2D eigenvalue weighted by molar-refractivity contribution is 5.48. The van der Waals surface area contributed by atoms with Crippen LogP contribution in [0.1, 0.15) is 31.7 Å². The zero-order valence-corrected chi connectivity index (χ0v) is 8.82. The molecule has 0 nitrogen and oxygen atoms in total. The van der Waals surface area contributed by atoms with E-state index in [0.717, 1.165) is 6.42 Å². The van der Waals surface area contributed by atoms with Gasteiger partial charge >= 0.3 is 0 Å². The molecule has 0 amide bonds. The fourth-order valence-corrected chi connectivity index (χ4v) is 1.23. The van der Waals surface area contributed by atoms with Gasteiger partial charge in [0.2, 0.25) is 0 Å². The molecule has 0 aliphatic rings. The highest BCUT2D eigenvalue weighted by atomic mass is 13.9. The summed E-state index contributed by atoms with van der Waals surface area (Å²) < 4.78 is 0. The molecule has 0 aromatic heterocycles. The van der Waals surface area contributed by atoms with E-state index in [-0.39, 0.29) is 0 Å². The summed E-state index contributed by atoms with van der Waals surface area (Å²) >= 11 is 0. The lowest BCUT2D eigenvalue weighted by atomic mass is 10.2. The van der Waals surface area contributed by atoms with E-state index >= 15 is 0 Å². The van der Waals surface area contributed by atoms with E-state index in [2.05, 4.69) is 55.5 Å². The second-order valence-corrected chi connectivity index (χ2v) is 3.31. The first-order valence-electron chi connectivity index (χ1n) is 5.30. The molecule has 0 fully saturated rings. The largest absolute Gasteiger partial charge is 0.0882 e. The van der Waals surface area contributed by atoms with Crippen molar-refractivity contribution in [3.05, 3.63) is 54.1 Å². The van der Waals surface area contributed by atoms with E-state index in [9.17, 15) is 0 Å². The SMILES string of the molecule is CCC/C=C/C/C=C/c1ccccc1. The van der Waals surface area contributed by atoms with Crippen LogP contribution in [0.5, 0.6) is 0 Å². The first-order valence-corrected chi connectivity index (χ1v) is 5.30. The number of rotatable bonds is 5. The number of unbranched alkanes of at least 4 members (excludes halogenated alkanes) is 1. The number of hydrogen-bond donors (Lipinski definition) is 0. The van der Waals surface area contributed by atoms with Gasteiger partial charge in [-0.1, -0.05) is 68.0 Å². The van der Waals surface area contributed by atoms with Crippen LogP contribution in [0.25, 0.3) is 6.08 Å². The van der Waals surface area contributed by atoms with Gasteiger partial charge in [-0.3, -0.25) is 0 Å². The van der Waals surface area contributed by atoms with Gasteiger partial charge in [-0.2, -0.15) is 0 Å². The Morgan fingerprint density at radius 1 is 1.00 bits per heavy atom. The Labute approximate surface area is 87.0 Å². The molecule has 0 saturated heterocycles. The summed E-state index contributed by atoms with van der Waals surface area (Å²) in [5.74, 6) is 0. The van der Waals surface area contributed by atoms with Crippen molar-refractivity contribution in [1.29, 1.82) is 0 Å². The topological polar surface area (TPSA) is 0 Å². The fraction of sp³-hybridized carbons (Fsp3) is 0.286. The Kier molecular flexibility index (Phi) is 5.49. The predicted molar refractivity (Wildman–Crippen MR) is 64.1 cm³/mol. The molecule has 0 heteroatoms. The van der Waals surface area contributed by atoms with Crippen molar-refractivity contribution in [2.75, 3.05) is 0 Å². The molecule has 0 bridgehead atoms. The van der Waals surface area contributed by atoms with E-state index < -0.39 is 0 Å². The van der Waals surface area contributed by atoms with Crippen molar-refractivity contribution in [2.24, 2.45) is 0 Å². The summed E-state index contributed by atoms with van der Waals surface area (Å²) in [6.07, 6.45) is 12.3. The Morgan fingerprint density at radius 3 is 2.50 bits per heavy atom. The van der Waals surface area contributed by atoms with Crippen LogP contribution in [0, 0.1) is 0 Å². The van der Waals surface area contributed by atoms with Crippen LogP contribution in [0.4, 0.5) is 0 Å². The van der Waals surface area contributed by atoms with Gasteiger partial charge in [-0.25, -0.2) is 0 Å². The molecule has 1 aromatic rings. The summed E-state index contributed by atoms with van der Waals surface area (Å²) in [7, 11) is 0. The Bertz CT molecular complexity index is 280. The maximum atomic E-state index is 2.25. The van der Waals surface area contributed by atoms with Crippen LogP contribution in [-0.2, 0) is 0 Å². The van der Waals surface area contributed by atoms with Crippen LogP contribution in [-0.4, -0.2) is 0 Å². The monoisotopic (exact) mass is 186 g/mol. The van der Waals surface area contributed by atoms with Crippen LogP contribution in [0.15, 0.2) is 48.6 Å². The van der Waals surface area contributed by atoms with E-state index in [0.29, 0.717) is 0 Å². The van der Waals surface area contributed by atoms with Crippen LogP contribution < -0.4 is 0 Å². The highest BCUT2D eigenvalue weighted by Gasteiger charge is 1.80. The van der Waals surface area contributed by atoms with Crippen molar-refractivity contribution in [2.45, 2.75) is 26.2 Å². The quantitative estimate of drug-likeness (QED) is 0.596. The number of allylic oxidation sites excluding steroid dienone is 3. The van der Waals surface area contributed by atoms with Crippen molar-refractivity contribution in [1.82, 2.24) is 0 Å². The van der Waals surface area contributed by atoms with E-state index in [1.54, 1.807) is 0 Å². The molecular weight excluding hydrogens is 168 g/mol. The van der Waals surface area contributed by atoms with Crippen LogP contribution in [0.2, 0.25) is 0 Å². The van der Waals surface area contributed by atoms with E-state index in [1.807, 2.05) is 6.07 Å². The minimum absolute atomic E-state index is 1.04. The summed E-state index contributed by atoms with van der Waals surface area (Å²) in [6, 6.07) is 10.4. The maximum absolute atomic E-state index is 2.25. The molecule has 0 spiro atoms. The molecule has 0 heterocycles. The summed E-state index contributed by atoms with van der Waals surface area (Å²) in [6.45, 7) is 2.20. The van der Waals surface area contributed by atoms with Crippen LogP contribution in [0.3, 0.4) is 0 Å². The van der Waals surface area contributed by atoms with Crippen molar-refractivity contribution in [3.8, 4) is 0 Å². The minimum atomic E-state index is 1.04. The first-order chi connectivity index (χ1) is 6.93. The number of hydrogen-bond acceptors (Lipinski definition) is 0. The Balaban J connectivity index is 2.28. The van der Waals surface area contributed by atoms with Gasteiger partial charge in [0.05, 0.1) is 0 Å². The summed E-state index contributed by atoms with van der Waals surface area (Å²) in [4.78, 5) is 0. The molecule has 14 heavy (non-hydrogen) atoms. The standard InChI is InChI=1S/C14H18/c1-2-3-4-5-6-8-11-14-12-9-7-10-13-14/h4-5,7-13H,2-3,6H2,1H3/b5-4+,11-8+. The van der Waals surface area contributed by atoms with Crippen LogP contribution >= 0.6 is 0 Å². The predicted octanol–water partition coefficient (Wildman–Crippen LogP) is 4.45. The average Bonchev–Trinajstić information content (AvgIpc) is 2.25. The van der Waals surface area contributed by atoms with Crippen molar-refractivity contribution in [3.63, 3.8) is 0 Å². The van der Waals surface area contributed by atoms with Gasteiger partial charge in [0.1, 0.15) is 0 Å². The number of benzene rings is 1. The third-order valence-corrected chi connectivity index (χ3v) is 2.00. The van der Waals surface area contributed by atoms with Gasteiger partial charge < -0.3 is 0 Å². The lowest BCUT2D eigenvalue weighted by molar-refractivity contribution is 0.955. The maximum Gasteiger partial charge on any atom is -0.0166 e. The molecule has 74 valence electrons. The molecule has 0 N–H and O–H groups in total. The average molecular weight is 186 g/mol. The Hall–Kier alpha value is -1.30. The molecule has 0 aliphatic heterocycles. The zero-order chi connectivity index (χ0) is 10.1. The molecule has 1 rings (SSSR count). The fourth-order valence-electron chi connectivity index (χ4n) is 1.23. The minimum Gasteiger partial charge on any atom is -0.0882 e. The molecule has 1 aromatic carbocycles. The molecule has 0 radical (unpaired) electrons. The smallest absolute Gasteiger partial charge is 0.0166 e. The second-order valence-electron chi connectivity index (χ2n) is 3.31. The molecule has 0 atom stereocenters. The van der Waals surface area contributed by atoms with Gasteiger partial charge in [-0.15, -0.1) is 0 Å².